The molecule has 3 nitrogen and oxygen atoms in total. The van der Waals surface area contributed by atoms with Crippen LogP contribution in [0.3, 0.4) is 0 Å². The highest BCUT2D eigenvalue weighted by atomic mass is 16.6. The lowest BCUT2D eigenvalue weighted by molar-refractivity contribution is 0.396. The minimum atomic E-state index is 0.444. The predicted octanol–water partition coefficient (Wildman–Crippen LogP) is 0.634. The predicted molar refractivity (Wildman–Crippen MR) is 55.8 cm³/mol. The SMILES string of the molecule is NCc1ccccc1CNCC1CO1. The minimum Gasteiger partial charge on any atom is -0.372 e. The summed E-state index contributed by atoms with van der Waals surface area (Å²) in [6.07, 6.45) is 0.444. The van der Waals surface area contributed by atoms with Crippen molar-refractivity contribution in [2.45, 2.75) is 19.2 Å². The van der Waals surface area contributed by atoms with Crippen LogP contribution in [0.2, 0.25) is 0 Å². The molecule has 2 rings (SSSR count). The molecule has 1 aliphatic heterocycles. The molecule has 0 bridgehead atoms. The molecule has 3 heteroatoms. The Labute approximate surface area is 84.3 Å². The molecule has 1 atom stereocenters. The molecular weight excluding hydrogens is 176 g/mol. The van der Waals surface area contributed by atoms with E-state index in [1.165, 1.54) is 11.1 Å². The molecule has 0 spiro atoms. The summed E-state index contributed by atoms with van der Waals surface area (Å²) in [6, 6.07) is 8.26. The van der Waals surface area contributed by atoms with Crippen LogP contribution in [0.4, 0.5) is 0 Å². The summed E-state index contributed by atoms with van der Waals surface area (Å²) in [5.74, 6) is 0. The number of ether oxygens (including phenoxy) is 1. The molecule has 1 heterocycles. The second-order valence-corrected chi connectivity index (χ2v) is 3.56. The van der Waals surface area contributed by atoms with Gasteiger partial charge in [-0.15, -0.1) is 0 Å². The van der Waals surface area contributed by atoms with E-state index in [1.54, 1.807) is 0 Å². The van der Waals surface area contributed by atoms with Crippen molar-refractivity contribution in [2.24, 2.45) is 5.73 Å². The fraction of sp³-hybridized carbons (Fsp3) is 0.455. The lowest BCUT2D eigenvalue weighted by Crippen LogP contribution is -2.20. The quantitative estimate of drug-likeness (QED) is 0.673. The summed E-state index contributed by atoms with van der Waals surface area (Å²) >= 11 is 0. The minimum absolute atomic E-state index is 0.444. The number of hydrogen-bond acceptors (Lipinski definition) is 3. The number of benzene rings is 1. The molecule has 0 aliphatic carbocycles. The van der Waals surface area contributed by atoms with Crippen molar-refractivity contribution in [1.29, 1.82) is 0 Å². The second kappa shape index (κ2) is 4.55. The zero-order valence-corrected chi connectivity index (χ0v) is 8.20. The normalized spacial score (nSPS) is 19.6. The van der Waals surface area contributed by atoms with Gasteiger partial charge in [-0.1, -0.05) is 24.3 Å². The standard InChI is InChI=1S/C11H16N2O/c12-5-9-3-1-2-4-10(9)6-13-7-11-8-14-11/h1-4,11,13H,5-8,12H2. The van der Waals surface area contributed by atoms with Gasteiger partial charge in [-0.25, -0.2) is 0 Å². The van der Waals surface area contributed by atoms with Gasteiger partial charge in [-0.2, -0.15) is 0 Å². The van der Waals surface area contributed by atoms with Gasteiger partial charge >= 0.3 is 0 Å². The third-order valence-electron chi connectivity index (χ3n) is 2.43. The highest BCUT2D eigenvalue weighted by Gasteiger charge is 2.21. The number of rotatable bonds is 5. The molecule has 1 aromatic carbocycles. The van der Waals surface area contributed by atoms with Gasteiger partial charge in [0.1, 0.15) is 0 Å². The van der Waals surface area contributed by atoms with Gasteiger partial charge in [-0.3, -0.25) is 0 Å². The van der Waals surface area contributed by atoms with E-state index in [0.717, 1.165) is 19.7 Å². The van der Waals surface area contributed by atoms with E-state index < -0.39 is 0 Å². The maximum Gasteiger partial charge on any atom is 0.0934 e. The summed E-state index contributed by atoms with van der Waals surface area (Å²) in [4.78, 5) is 0. The van der Waals surface area contributed by atoms with Crippen LogP contribution >= 0.6 is 0 Å². The molecule has 76 valence electrons. The van der Waals surface area contributed by atoms with E-state index in [0.29, 0.717) is 12.6 Å². The highest BCUT2D eigenvalue weighted by molar-refractivity contribution is 5.26. The van der Waals surface area contributed by atoms with Crippen molar-refractivity contribution in [1.82, 2.24) is 5.32 Å². The van der Waals surface area contributed by atoms with E-state index in [2.05, 4.69) is 17.4 Å². The molecule has 14 heavy (non-hydrogen) atoms. The Balaban J connectivity index is 1.86. The molecule has 0 amide bonds. The monoisotopic (exact) mass is 192 g/mol. The molecule has 0 aromatic heterocycles. The van der Waals surface area contributed by atoms with Crippen LogP contribution in [0.25, 0.3) is 0 Å². The summed E-state index contributed by atoms with van der Waals surface area (Å²) in [6.45, 7) is 3.34. The van der Waals surface area contributed by atoms with E-state index in [4.69, 9.17) is 10.5 Å². The molecule has 1 aliphatic rings. The number of nitrogens with one attached hydrogen (secondary N) is 1. The smallest absolute Gasteiger partial charge is 0.0934 e. The Morgan fingerprint density at radius 3 is 2.71 bits per heavy atom. The third kappa shape index (κ3) is 2.54. The topological polar surface area (TPSA) is 50.6 Å². The van der Waals surface area contributed by atoms with Crippen molar-refractivity contribution in [2.75, 3.05) is 13.2 Å². The number of nitrogens with two attached hydrogens (primary N) is 1. The van der Waals surface area contributed by atoms with Crippen molar-refractivity contribution < 1.29 is 4.74 Å². The van der Waals surface area contributed by atoms with Gasteiger partial charge in [0.2, 0.25) is 0 Å². The van der Waals surface area contributed by atoms with Crippen molar-refractivity contribution in [3.05, 3.63) is 35.4 Å². The van der Waals surface area contributed by atoms with Crippen molar-refractivity contribution in [3.8, 4) is 0 Å². The lowest BCUT2D eigenvalue weighted by atomic mass is 10.1. The zero-order chi connectivity index (χ0) is 9.80. The van der Waals surface area contributed by atoms with Crippen LogP contribution in [-0.4, -0.2) is 19.3 Å². The Bertz CT molecular complexity index is 297. The largest absolute Gasteiger partial charge is 0.372 e. The van der Waals surface area contributed by atoms with Gasteiger partial charge in [0.25, 0.3) is 0 Å². The molecule has 0 saturated carbocycles. The van der Waals surface area contributed by atoms with Gasteiger partial charge < -0.3 is 15.8 Å². The molecule has 1 unspecified atom stereocenters. The van der Waals surface area contributed by atoms with Gasteiger partial charge in [-0.05, 0) is 11.1 Å². The van der Waals surface area contributed by atoms with Crippen LogP contribution in [0.1, 0.15) is 11.1 Å². The first-order valence-corrected chi connectivity index (χ1v) is 4.99. The van der Waals surface area contributed by atoms with E-state index >= 15 is 0 Å². The van der Waals surface area contributed by atoms with Crippen LogP contribution in [0, 0.1) is 0 Å². The van der Waals surface area contributed by atoms with Gasteiger partial charge in [0, 0.05) is 19.6 Å². The van der Waals surface area contributed by atoms with Crippen molar-refractivity contribution >= 4 is 0 Å². The molecule has 1 saturated heterocycles. The maximum atomic E-state index is 5.64. The van der Waals surface area contributed by atoms with Crippen LogP contribution < -0.4 is 11.1 Å². The van der Waals surface area contributed by atoms with Crippen LogP contribution in [0.15, 0.2) is 24.3 Å². The third-order valence-corrected chi connectivity index (χ3v) is 2.43. The van der Waals surface area contributed by atoms with E-state index in [1.807, 2.05) is 12.1 Å². The number of epoxide rings is 1. The first kappa shape index (κ1) is 9.65. The maximum absolute atomic E-state index is 5.64. The zero-order valence-electron chi connectivity index (χ0n) is 8.20. The first-order valence-electron chi connectivity index (χ1n) is 4.99. The highest BCUT2D eigenvalue weighted by Crippen LogP contribution is 2.09. The Morgan fingerprint density at radius 2 is 2.07 bits per heavy atom. The molecule has 1 fully saturated rings. The second-order valence-electron chi connectivity index (χ2n) is 3.56. The molecule has 1 aromatic rings. The van der Waals surface area contributed by atoms with Gasteiger partial charge in [0.05, 0.1) is 12.7 Å². The first-order chi connectivity index (χ1) is 6.90. The summed E-state index contributed by atoms with van der Waals surface area (Å²) in [5, 5.41) is 3.36. The van der Waals surface area contributed by atoms with E-state index in [-0.39, 0.29) is 0 Å². The summed E-state index contributed by atoms with van der Waals surface area (Å²) < 4.78 is 5.12. The van der Waals surface area contributed by atoms with E-state index in [9.17, 15) is 0 Å². The van der Waals surface area contributed by atoms with Gasteiger partial charge in [0.15, 0.2) is 0 Å². The molecule has 3 N–H and O–H groups in total. The van der Waals surface area contributed by atoms with Crippen molar-refractivity contribution in [3.63, 3.8) is 0 Å². The molecule has 0 radical (unpaired) electrons. The lowest BCUT2D eigenvalue weighted by Gasteiger charge is -2.07. The Morgan fingerprint density at radius 1 is 1.36 bits per heavy atom. The summed E-state index contributed by atoms with van der Waals surface area (Å²) in [5.41, 5.74) is 8.15. The van der Waals surface area contributed by atoms with Crippen LogP contribution in [0.5, 0.6) is 0 Å². The fourth-order valence-corrected chi connectivity index (χ4v) is 1.48. The average Bonchev–Trinajstić information content (AvgIpc) is 3.03. The van der Waals surface area contributed by atoms with Crippen LogP contribution in [-0.2, 0) is 17.8 Å². The average molecular weight is 192 g/mol. The summed E-state index contributed by atoms with van der Waals surface area (Å²) in [7, 11) is 0. The number of hydrogen-bond donors (Lipinski definition) is 2. The molecular formula is C11H16N2O. The Hall–Kier alpha value is -0.900. The Kier molecular flexibility index (Phi) is 3.14. The fourth-order valence-electron chi connectivity index (χ4n) is 1.48.